The second-order valence-electron chi connectivity index (χ2n) is 8.13. The number of rotatable bonds is 6. The number of piperazine rings is 1. The van der Waals surface area contributed by atoms with Gasteiger partial charge in [-0.1, -0.05) is 61.0 Å². The Hall–Kier alpha value is -3.12. The van der Waals surface area contributed by atoms with Crippen LogP contribution in [0.1, 0.15) is 30.7 Å². The van der Waals surface area contributed by atoms with Crippen molar-refractivity contribution >= 4 is 23.4 Å². The van der Waals surface area contributed by atoms with Crippen LogP contribution >= 0.6 is 11.6 Å². The number of urea groups is 1. The van der Waals surface area contributed by atoms with Crippen molar-refractivity contribution in [3.63, 3.8) is 0 Å². The third kappa shape index (κ3) is 5.45. The molecule has 3 aromatic rings. The van der Waals surface area contributed by atoms with Crippen LogP contribution in [0.25, 0.3) is 11.4 Å². The summed E-state index contributed by atoms with van der Waals surface area (Å²) in [6, 6.07) is 18.1. The number of aryl methyl sites for hydroxylation is 1. The molecule has 1 saturated heterocycles. The Morgan fingerprint density at radius 1 is 1.00 bits per heavy atom. The van der Waals surface area contributed by atoms with Gasteiger partial charge in [-0.3, -0.25) is 0 Å². The van der Waals surface area contributed by atoms with Crippen molar-refractivity contribution in [2.75, 3.05) is 37.6 Å². The van der Waals surface area contributed by atoms with E-state index in [0.29, 0.717) is 26.1 Å². The second-order valence-corrected chi connectivity index (χ2v) is 8.57. The van der Waals surface area contributed by atoms with Crippen molar-refractivity contribution in [1.29, 1.82) is 0 Å². The minimum Gasteiger partial charge on any atom is -0.353 e. The normalized spacial score (nSPS) is 13.8. The van der Waals surface area contributed by atoms with Gasteiger partial charge in [0.2, 0.25) is 0 Å². The third-order valence-corrected chi connectivity index (χ3v) is 6.14. The average molecular weight is 464 g/mol. The summed E-state index contributed by atoms with van der Waals surface area (Å²) < 4.78 is 0. The van der Waals surface area contributed by atoms with Crippen LogP contribution in [0.2, 0.25) is 5.02 Å². The first-order chi connectivity index (χ1) is 16.1. The predicted molar refractivity (Wildman–Crippen MR) is 134 cm³/mol. The van der Waals surface area contributed by atoms with E-state index in [1.54, 1.807) is 0 Å². The van der Waals surface area contributed by atoms with Crippen LogP contribution in [0.3, 0.4) is 0 Å². The lowest BCUT2D eigenvalue weighted by atomic mass is 10.0. The Labute approximate surface area is 200 Å². The summed E-state index contributed by atoms with van der Waals surface area (Å²) in [5, 5.41) is 3.62. The first-order valence-corrected chi connectivity index (χ1v) is 11.9. The van der Waals surface area contributed by atoms with Gasteiger partial charge in [-0.15, -0.1) is 0 Å². The fraction of sp³-hybridized carbons (Fsp3) is 0.346. The quantitative estimate of drug-likeness (QED) is 0.570. The lowest BCUT2D eigenvalue weighted by Crippen LogP contribution is -2.52. The van der Waals surface area contributed by atoms with Crippen molar-refractivity contribution in [3.05, 3.63) is 76.4 Å². The van der Waals surface area contributed by atoms with Crippen LogP contribution in [-0.4, -0.2) is 53.6 Å². The standard InChI is InChI=1S/C26H30ClN5O/c1-3-23-22(18-19-9-8-12-21(27)17-19)25(30-24(29-23)20-10-6-5-7-11-20)31-13-15-32(16-14-31)26(33)28-4-2/h5-12,17H,3-4,13-16,18H2,1-2H3,(H,28,33). The fourth-order valence-electron chi connectivity index (χ4n) is 4.20. The van der Waals surface area contributed by atoms with Gasteiger partial charge >= 0.3 is 6.03 Å². The van der Waals surface area contributed by atoms with Gasteiger partial charge in [-0.25, -0.2) is 14.8 Å². The summed E-state index contributed by atoms with van der Waals surface area (Å²) in [6.45, 7) is 7.49. The maximum Gasteiger partial charge on any atom is 0.317 e. The highest BCUT2D eigenvalue weighted by atomic mass is 35.5. The summed E-state index contributed by atoms with van der Waals surface area (Å²) in [5.41, 5.74) is 4.31. The van der Waals surface area contributed by atoms with Crippen LogP contribution in [0.15, 0.2) is 54.6 Å². The van der Waals surface area contributed by atoms with Gasteiger partial charge < -0.3 is 15.1 Å². The van der Waals surface area contributed by atoms with Crippen molar-refractivity contribution < 1.29 is 4.79 Å². The Morgan fingerprint density at radius 2 is 1.76 bits per heavy atom. The minimum atomic E-state index is -0.00166. The zero-order chi connectivity index (χ0) is 23.2. The Balaban J connectivity index is 1.71. The van der Waals surface area contributed by atoms with Crippen molar-refractivity contribution in [2.24, 2.45) is 0 Å². The molecule has 2 aromatic carbocycles. The van der Waals surface area contributed by atoms with E-state index in [-0.39, 0.29) is 6.03 Å². The van der Waals surface area contributed by atoms with E-state index in [9.17, 15) is 4.79 Å². The lowest BCUT2D eigenvalue weighted by molar-refractivity contribution is 0.195. The fourth-order valence-corrected chi connectivity index (χ4v) is 4.42. The highest BCUT2D eigenvalue weighted by molar-refractivity contribution is 6.30. The maximum atomic E-state index is 12.3. The molecule has 33 heavy (non-hydrogen) atoms. The molecule has 0 atom stereocenters. The van der Waals surface area contributed by atoms with E-state index in [1.165, 1.54) is 0 Å². The molecule has 1 aliphatic heterocycles. The number of carbonyl (C=O) groups excluding carboxylic acids is 1. The number of carbonyl (C=O) groups is 1. The summed E-state index contributed by atoms with van der Waals surface area (Å²) in [5.74, 6) is 1.69. The molecule has 4 rings (SSSR count). The van der Waals surface area contributed by atoms with Crippen LogP contribution in [0.5, 0.6) is 0 Å². The summed E-state index contributed by atoms with van der Waals surface area (Å²) >= 11 is 6.26. The number of amides is 2. The Bertz CT molecular complexity index is 1100. The molecule has 1 fully saturated rings. The number of hydrogen-bond donors (Lipinski definition) is 1. The van der Waals surface area contributed by atoms with Gasteiger partial charge in [0.25, 0.3) is 0 Å². The van der Waals surface area contributed by atoms with Gasteiger partial charge in [0.05, 0.1) is 0 Å². The first kappa shape index (κ1) is 23.1. The number of benzene rings is 2. The highest BCUT2D eigenvalue weighted by Gasteiger charge is 2.25. The number of halogens is 1. The molecule has 2 amide bonds. The third-order valence-electron chi connectivity index (χ3n) is 5.90. The maximum absolute atomic E-state index is 12.3. The molecule has 0 aliphatic carbocycles. The summed E-state index contributed by atoms with van der Waals surface area (Å²) in [7, 11) is 0. The SMILES string of the molecule is CCNC(=O)N1CCN(c2nc(-c3ccccc3)nc(CC)c2Cc2cccc(Cl)c2)CC1. The molecule has 0 unspecified atom stereocenters. The molecule has 7 heteroatoms. The van der Waals surface area contributed by atoms with Gasteiger partial charge in [0.1, 0.15) is 5.82 Å². The molecular weight excluding hydrogens is 434 g/mol. The highest BCUT2D eigenvalue weighted by Crippen LogP contribution is 2.29. The monoisotopic (exact) mass is 463 g/mol. The van der Waals surface area contributed by atoms with Crippen LogP contribution in [0.4, 0.5) is 10.6 Å². The van der Waals surface area contributed by atoms with Crippen LogP contribution in [0, 0.1) is 0 Å². The van der Waals surface area contributed by atoms with E-state index in [2.05, 4.69) is 23.2 Å². The molecule has 0 spiro atoms. The molecule has 0 bridgehead atoms. The summed E-state index contributed by atoms with van der Waals surface area (Å²) in [4.78, 5) is 26.5. The van der Waals surface area contributed by atoms with Crippen molar-refractivity contribution in [3.8, 4) is 11.4 Å². The van der Waals surface area contributed by atoms with E-state index < -0.39 is 0 Å². The molecule has 6 nitrogen and oxygen atoms in total. The smallest absolute Gasteiger partial charge is 0.317 e. The van der Waals surface area contributed by atoms with Gasteiger partial charge in [-0.05, 0) is 31.0 Å². The number of aromatic nitrogens is 2. The van der Waals surface area contributed by atoms with Crippen molar-refractivity contribution in [2.45, 2.75) is 26.7 Å². The number of hydrogen-bond acceptors (Lipinski definition) is 4. The molecule has 172 valence electrons. The molecule has 0 saturated carbocycles. The van der Waals surface area contributed by atoms with Gasteiger partial charge in [0.15, 0.2) is 5.82 Å². The van der Waals surface area contributed by atoms with Gasteiger partial charge in [-0.2, -0.15) is 0 Å². The Kier molecular flexibility index (Phi) is 7.45. The Morgan fingerprint density at radius 3 is 2.42 bits per heavy atom. The van der Waals surface area contributed by atoms with E-state index in [0.717, 1.165) is 58.6 Å². The molecule has 1 aromatic heterocycles. The van der Waals surface area contributed by atoms with Crippen LogP contribution in [-0.2, 0) is 12.8 Å². The zero-order valence-corrected chi connectivity index (χ0v) is 20.0. The number of nitrogens with zero attached hydrogens (tertiary/aromatic N) is 4. The molecular formula is C26H30ClN5O. The van der Waals surface area contributed by atoms with E-state index in [1.807, 2.05) is 60.4 Å². The molecule has 1 N–H and O–H groups in total. The predicted octanol–water partition coefficient (Wildman–Crippen LogP) is 4.80. The van der Waals surface area contributed by atoms with Crippen LogP contribution < -0.4 is 10.2 Å². The van der Waals surface area contributed by atoms with Gasteiger partial charge in [0, 0.05) is 61.0 Å². The molecule has 1 aliphatic rings. The molecule has 2 heterocycles. The number of anilines is 1. The topological polar surface area (TPSA) is 61.4 Å². The molecule has 0 radical (unpaired) electrons. The average Bonchev–Trinajstić information content (AvgIpc) is 2.85. The first-order valence-electron chi connectivity index (χ1n) is 11.6. The number of nitrogens with one attached hydrogen (secondary N) is 1. The second kappa shape index (κ2) is 10.7. The van der Waals surface area contributed by atoms with E-state index in [4.69, 9.17) is 21.6 Å². The summed E-state index contributed by atoms with van der Waals surface area (Å²) in [6.07, 6.45) is 1.52. The minimum absolute atomic E-state index is 0.00166. The lowest BCUT2D eigenvalue weighted by Gasteiger charge is -2.36. The van der Waals surface area contributed by atoms with Crippen molar-refractivity contribution in [1.82, 2.24) is 20.2 Å². The van der Waals surface area contributed by atoms with E-state index >= 15 is 0 Å². The zero-order valence-electron chi connectivity index (χ0n) is 19.2. The largest absolute Gasteiger partial charge is 0.353 e.